The van der Waals surface area contributed by atoms with Gasteiger partial charge in [-0.3, -0.25) is 9.59 Å². The van der Waals surface area contributed by atoms with E-state index in [9.17, 15) is 9.59 Å². The average Bonchev–Trinajstić information content (AvgIpc) is 3.03. The van der Waals surface area contributed by atoms with Crippen LogP contribution in [0, 0.1) is 0 Å². The molecule has 3 rings (SSSR count). The Morgan fingerprint density at radius 3 is 2.50 bits per heavy atom. The molecule has 2 unspecified atom stereocenters. The number of carbonyl (C=O) groups is 2. The number of hydrogen-bond acceptors (Lipinski definition) is 2. The maximum atomic E-state index is 12.5. The fourth-order valence-electron chi connectivity index (χ4n) is 2.88. The van der Waals surface area contributed by atoms with Crippen LogP contribution in [0.1, 0.15) is 30.0 Å². The largest absolute Gasteiger partial charge is 0.347 e. The van der Waals surface area contributed by atoms with Gasteiger partial charge in [-0.25, -0.2) is 0 Å². The minimum atomic E-state index is -0.436. The van der Waals surface area contributed by atoms with E-state index in [4.69, 9.17) is 11.6 Å². The lowest BCUT2D eigenvalue weighted by molar-refractivity contribution is -0.126. The highest BCUT2D eigenvalue weighted by molar-refractivity contribution is 6.30. The molecule has 2 atom stereocenters. The van der Waals surface area contributed by atoms with Crippen LogP contribution in [0.25, 0.3) is 0 Å². The van der Waals surface area contributed by atoms with Crippen molar-refractivity contribution in [2.45, 2.75) is 31.3 Å². The van der Waals surface area contributed by atoms with E-state index in [0.717, 1.165) is 11.1 Å². The van der Waals surface area contributed by atoms with Crippen LogP contribution in [-0.4, -0.2) is 17.9 Å². The molecule has 2 aromatic rings. The molecule has 1 aliphatic heterocycles. The first kappa shape index (κ1) is 16.5. The van der Waals surface area contributed by atoms with Gasteiger partial charge in [0.25, 0.3) is 0 Å². The van der Waals surface area contributed by atoms with Gasteiger partial charge in [-0.05, 0) is 36.1 Å². The van der Waals surface area contributed by atoms with E-state index in [0.29, 0.717) is 24.3 Å². The standard InChI is InChI=1S/C19H19ClN2O2/c20-15-8-6-13(7-9-15)12-17(14-4-2-1-3-5-14)22-19(24)16-10-11-18(23)21-16/h1-9,16-17H,10-12H2,(H,21,23)(H,22,24). The monoisotopic (exact) mass is 342 g/mol. The zero-order valence-corrected chi connectivity index (χ0v) is 13.9. The van der Waals surface area contributed by atoms with Gasteiger partial charge in [0.1, 0.15) is 6.04 Å². The van der Waals surface area contributed by atoms with E-state index in [2.05, 4.69) is 10.6 Å². The highest BCUT2D eigenvalue weighted by Crippen LogP contribution is 2.20. The summed E-state index contributed by atoms with van der Waals surface area (Å²) in [7, 11) is 0. The lowest BCUT2D eigenvalue weighted by Crippen LogP contribution is -2.43. The fraction of sp³-hybridized carbons (Fsp3) is 0.263. The Balaban J connectivity index is 1.76. The molecule has 1 heterocycles. The summed E-state index contributed by atoms with van der Waals surface area (Å²) in [5.74, 6) is -0.201. The molecule has 2 aromatic carbocycles. The summed E-state index contributed by atoms with van der Waals surface area (Å²) in [6.45, 7) is 0. The van der Waals surface area contributed by atoms with Gasteiger partial charge in [0.05, 0.1) is 6.04 Å². The first-order valence-electron chi connectivity index (χ1n) is 8.01. The second kappa shape index (κ2) is 7.49. The van der Waals surface area contributed by atoms with Gasteiger partial charge >= 0.3 is 0 Å². The molecule has 0 aliphatic carbocycles. The minimum absolute atomic E-state index is 0.0656. The topological polar surface area (TPSA) is 58.2 Å². The second-order valence-electron chi connectivity index (χ2n) is 5.96. The lowest BCUT2D eigenvalue weighted by atomic mass is 9.98. The zero-order valence-electron chi connectivity index (χ0n) is 13.2. The van der Waals surface area contributed by atoms with Gasteiger partial charge in [-0.2, -0.15) is 0 Å². The van der Waals surface area contributed by atoms with Crippen molar-refractivity contribution in [2.24, 2.45) is 0 Å². The first-order valence-corrected chi connectivity index (χ1v) is 8.39. The normalized spacial score (nSPS) is 18.0. The first-order chi connectivity index (χ1) is 11.6. The van der Waals surface area contributed by atoms with Crippen molar-refractivity contribution in [1.82, 2.24) is 10.6 Å². The maximum absolute atomic E-state index is 12.5. The third-order valence-electron chi connectivity index (χ3n) is 4.18. The van der Waals surface area contributed by atoms with Crippen LogP contribution in [0.5, 0.6) is 0 Å². The minimum Gasteiger partial charge on any atom is -0.347 e. The van der Waals surface area contributed by atoms with Crippen LogP contribution in [0.15, 0.2) is 54.6 Å². The quantitative estimate of drug-likeness (QED) is 0.877. The van der Waals surface area contributed by atoms with Crippen molar-refractivity contribution in [2.75, 3.05) is 0 Å². The van der Waals surface area contributed by atoms with Crippen molar-refractivity contribution in [3.63, 3.8) is 0 Å². The average molecular weight is 343 g/mol. The molecule has 24 heavy (non-hydrogen) atoms. The number of amides is 2. The number of nitrogens with one attached hydrogen (secondary N) is 2. The molecule has 0 radical (unpaired) electrons. The summed E-state index contributed by atoms with van der Waals surface area (Å²) in [5.41, 5.74) is 2.12. The molecule has 0 saturated carbocycles. The van der Waals surface area contributed by atoms with Crippen molar-refractivity contribution in [3.8, 4) is 0 Å². The number of benzene rings is 2. The number of hydrogen-bond donors (Lipinski definition) is 2. The molecule has 4 nitrogen and oxygen atoms in total. The molecule has 1 saturated heterocycles. The van der Waals surface area contributed by atoms with E-state index < -0.39 is 6.04 Å². The summed E-state index contributed by atoms with van der Waals surface area (Å²) in [6, 6.07) is 16.9. The highest BCUT2D eigenvalue weighted by Gasteiger charge is 2.28. The van der Waals surface area contributed by atoms with Crippen molar-refractivity contribution >= 4 is 23.4 Å². The highest BCUT2D eigenvalue weighted by atomic mass is 35.5. The number of carbonyl (C=O) groups excluding carboxylic acids is 2. The maximum Gasteiger partial charge on any atom is 0.243 e. The van der Waals surface area contributed by atoms with Crippen LogP contribution in [-0.2, 0) is 16.0 Å². The van der Waals surface area contributed by atoms with E-state index in [1.807, 2.05) is 54.6 Å². The third-order valence-corrected chi connectivity index (χ3v) is 4.44. The van der Waals surface area contributed by atoms with Crippen molar-refractivity contribution in [3.05, 3.63) is 70.7 Å². The number of halogens is 1. The molecule has 124 valence electrons. The Kier molecular flexibility index (Phi) is 5.16. The Morgan fingerprint density at radius 1 is 1.17 bits per heavy atom. The SMILES string of the molecule is O=C1CCC(C(=O)NC(Cc2ccc(Cl)cc2)c2ccccc2)N1. The van der Waals surface area contributed by atoms with Gasteiger partial charge < -0.3 is 10.6 Å². The van der Waals surface area contributed by atoms with Gasteiger partial charge in [0, 0.05) is 11.4 Å². The molecule has 0 bridgehead atoms. The Hall–Kier alpha value is -2.33. The van der Waals surface area contributed by atoms with Gasteiger partial charge in [0.15, 0.2) is 0 Å². The van der Waals surface area contributed by atoms with E-state index in [-0.39, 0.29) is 17.9 Å². The van der Waals surface area contributed by atoms with Crippen LogP contribution in [0.3, 0.4) is 0 Å². The van der Waals surface area contributed by atoms with E-state index in [1.165, 1.54) is 0 Å². The Bertz CT molecular complexity index is 716. The van der Waals surface area contributed by atoms with Gasteiger partial charge in [0.2, 0.25) is 11.8 Å². The van der Waals surface area contributed by atoms with E-state index in [1.54, 1.807) is 0 Å². The third kappa shape index (κ3) is 4.15. The molecular weight excluding hydrogens is 324 g/mol. The molecule has 2 amide bonds. The summed E-state index contributed by atoms with van der Waals surface area (Å²) >= 11 is 5.94. The molecule has 0 aromatic heterocycles. The summed E-state index contributed by atoms with van der Waals surface area (Å²) in [5, 5.41) is 6.47. The van der Waals surface area contributed by atoms with Crippen LogP contribution in [0.2, 0.25) is 5.02 Å². The smallest absolute Gasteiger partial charge is 0.243 e. The predicted octanol–water partition coefficient (Wildman–Crippen LogP) is 3.02. The molecule has 0 spiro atoms. The molecular formula is C19H19ClN2O2. The zero-order chi connectivity index (χ0) is 16.9. The van der Waals surface area contributed by atoms with Crippen molar-refractivity contribution < 1.29 is 9.59 Å². The van der Waals surface area contributed by atoms with E-state index >= 15 is 0 Å². The summed E-state index contributed by atoms with van der Waals surface area (Å²) in [4.78, 5) is 23.8. The predicted molar refractivity (Wildman–Crippen MR) is 93.6 cm³/mol. The van der Waals surface area contributed by atoms with Crippen LogP contribution < -0.4 is 10.6 Å². The summed E-state index contributed by atoms with van der Waals surface area (Å²) in [6.07, 6.45) is 1.62. The van der Waals surface area contributed by atoms with Crippen LogP contribution >= 0.6 is 11.6 Å². The second-order valence-corrected chi connectivity index (χ2v) is 6.40. The lowest BCUT2D eigenvalue weighted by Gasteiger charge is -2.21. The molecule has 5 heteroatoms. The fourth-order valence-corrected chi connectivity index (χ4v) is 3.00. The van der Waals surface area contributed by atoms with Gasteiger partial charge in [-0.15, -0.1) is 0 Å². The number of rotatable bonds is 5. The van der Waals surface area contributed by atoms with Crippen LogP contribution in [0.4, 0.5) is 0 Å². The molecule has 2 N–H and O–H groups in total. The van der Waals surface area contributed by atoms with Crippen molar-refractivity contribution in [1.29, 1.82) is 0 Å². The Labute approximate surface area is 146 Å². The molecule has 1 aliphatic rings. The summed E-state index contributed by atoms with van der Waals surface area (Å²) < 4.78 is 0. The van der Waals surface area contributed by atoms with Gasteiger partial charge in [-0.1, -0.05) is 54.1 Å². The molecule has 1 fully saturated rings. The Morgan fingerprint density at radius 2 is 1.88 bits per heavy atom.